The van der Waals surface area contributed by atoms with E-state index in [2.05, 4.69) is 25.8 Å². The van der Waals surface area contributed by atoms with Crippen LogP contribution in [0, 0.1) is 17.4 Å². The fraction of sp³-hybridized carbons (Fsp3) is 0.846. The lowest BCUT2D eigenvalue weighted by atomic mass is 10.2. The van der Waals surface area contributed by atoms with Gasteiger partial charge in [0.1, 0.15) is 0 Å². The second kappa shape index (κ2) is 9.78. The smallest absolute Gasteiger partial charge is 0.183 e. The minimum absolute atomic E-state index is 0.790. The molecule has 0 aromatic carbocycles. The predicted molar refractivity (Wildman–Crippen MR) is 71.8 cm³/mol. The zero-order valence-corrected chi connectivity index (χ0v) is 11.7. The lowest BCUT2D eigenvalue weighted by Crippen LogP contribution is -2.49. The molecule has 0 radical (unpaired) electrons. The van der Waals surface area contributed by atoms with E-state index >= 15 is 0 Å². The largest absolute Gasteiger partial charge is 0.422 e. The molecular formula is C13H24N4O. The Kier molecular flexibility index (Phi) is 9.13. The molecule has 0 aromatic heterocycles. The van der Waals surface area contributed by atoms with Crippen LogP contribution in [-0.2, 0) is 4.74 Å². The molecule has 0 bridgehead atoms. The topological polar surface area (TPSA) is 67.7 Å². The Labute approximate surface area is 110 Å². The molecule has 5 heteroatoms. The molecule has 18 heavy (non-hydrogen) atoms. The Morgan fingerprint density at radius 1 is 1.39 bits per heavy atom. The molecule has 1 rings (SSSR count). The molecule has 5 nitrogen and oxygen atoms in total. The van der Waals surface area contributed by atoms with Gasteiger partial charge in [0.15, 0.2) is 6.73 Å². The summed E-state index contributed by atoms with van der Waals surface area (Å²) >= 11 is 0. The molecule has 0 aliphatic carbocycles. The Hall–Kier alpha value is -1.21. The Bertz CT molecular complexity index is 297. The molecule has 1 aliphatic rings. The zero-order chi connectivity index (χ0) is 13.9. The highest BCUT2D eigenvalue weighted by Crippen LogP contribution is 2.21. The first-order valence-corrected chi connectivity index (χ1v) is 6.51. The van der Waals surface area contributed by atoms with Gasteiger partial charge in [-0.05, 0) is 6.92 Å². The first-order chi connectivity index (χ1) is 8.60. The number of aliphatic imine (C=N–C) groups is 1. The second-order valence-corrected chi connectivity index (χ2v) is 5.01. The van der Waals surface area contributed by atoms with E-state index in [0.29, 0.717) is 0 Å². The van der Waals surface area contributed by atoms with E-state index in [0.717, 1.165) is 19.3 Å². The first-order valence-electron chi connectivity index (χ1n) is 6.51. The van der Waals surface area contributed by atoms with Gasteiger partial charge in [0.2, 0.25) is 0 Å². The van der Waals surface area contributed by atoms with Crippen molar-refractivity contribution in [3.63, 3.8) is 0 Å². The third-order valence-corrected chi connectivity index (χ3v) is 2.94. The van der Waals surface area contributed by atoms with E-state index in [1.807, 2.05) is 0 Å². The van der Waals surface area contributed by atoms with Gasteiger partial charge in [-0.2, -0.15) is 5.26 Å². The van der Waals surface area contributed by atoms with Crippen molar-refractivity contribution in [2.24, 2.45) is 10.9 Å². The van der Waals surface area contributed by atoms with Crippen LogP contribution >= 0.6 is 0 Å². The van der Waals surface area contributed by atoms with Crippen LogP contribution in [0.5, 0.6) is 0 Å². The van der Waals surface area contributed by atoms with Crippen LogP contribution in [0.25, 0.3) is 5.41 Å². The standard InChI is InChI=1S/C11H24NO.C2N3/c1-4-13-10-12(9-11(2)3)7-5-6-8-12;3-1-5-2-4/h11H,4-10H2,1-3H3;/q+1;-1. The number of nitrogens with zero attached hydrogens (tertiary/aromatic N) is 4. The molecule has 1 saturated heterocycles. The molecule has 1 heterocycles. The van der Waals surface area contributed by atoms with Gasteiger partial charge in [-0.25, -0.2) is 0 Å². The maximum absolute atomic E-state index is 7.43. The van der Waals surface area contributed by atoms with Crippen molar-refractivity contribution in [1.29, 1.82) is 5.26 Å². The normalized spacial score (nSPS) is 16.4. The quantitative estimate of drug-likeness (QED) is 0.428. The van der Waals surface area contributed by atoms with Gasteiger partial charge in [0.05, 0.1) is 25.8 Å². The third kappa shape index (κ3) is 7.18. The van der Waals surface area contributed by atoms with E-state index in [-0.39, 0.29) is 0 Å². The van der Waals surface area contributed by atoms with Crippen LogP contribution in [-0.4, -0.2) is 43.5 Å². The fourth-order valence-corrected chi connectivity index (χ4v) is 2.45. The van der Waals surface area contributed by atoms with Crippen molar-refractivity contribution in [2.45, 2.75) is 33.6 Å². The molecule has 0 spiro atoms. The van der Waals surface area contributed by atoms with Crippen LogP contribution in [0.1, 0.15) is 33.6 Å². The summed E-state index contributed by atoms with van der Waals surface area (Å²) in [5.74, 6) is 0.790. The van der Waals surface area contributed by atoms with Gasteiger partial charge in [-0.15, -0.1) is 6.01 Å². The van der Waals surface area contributed by atoms with Crippen molar-refractivity contribution >= 4 is 6.01 Å². The van der Waals surface area contributed by atoms with Gasteiger partial charge in [0, 0.05) is 25.4 Å². The van der Waals surface area contributed by atoms with Crippen LogP contribution < -0.4 is 0 Å². The number of rotatable bonds is 5. The van der Waals surface area contributed by atoms with Crippen LogP contribution in [0.2, 0.25) is 0 Å². The Morgan fingerprint density at radius 2 is 2.00 bits per heavy atom. The van der Waals surface area contributed by atoms with Crippen molar-refractivity contribution in [3.05, 3.63) is 5.41 Å². The van der Waals surface area contributed by atoms with Crippen LogP contribution in [0.3, 0.4) is 0 Å². The Morgan fingerprint density at radius 3 is 2.33 bits per heavy atom. The van der Waals surface area contributed by atoms with Crippen LogP contribution in [0.15, 0.2) is 4.99 Å². The van der Waals surface area contributed by atoms with E-state index in [4.69, 9.17) is 15.4 Å². The first kappa shape index (κ1) is 16.8. The van der Waals surface area contributed by atoms with E-state index < -0.39 is 0 Å². The molecule has 102 valence electrons. The van der Waals surface area contributed by atoms with Crippen LogP contribution in [0.4, 0.5) is 0 Å². The summed E-state index contributed by atoms with van der Waals surface area (Å²) in [6.07, 6.45) is 4.06. The number of likely N-dealkylation sites (tertiary alicyclic amines) is 1. The highest BCUT2D eigenvalue weighted by atomic mass is 16.5. The SMILES string of the molecule is CCOC[N+]1(CC(C)C)CCCC1.N#CN=C=[N-]. The van der Waals surface area contributed by atoms with Gasteiger partial charge in [-0.3, -0.25) is 0 Å². The molecule has 0 amide bonds. The summed E-state index contributed by atoms with van der Waals surface area (Å²) in [5, 5.41) is 14.9. The monoisotopic (exact) mass is 252 g/mol. The summed E-state index contributed by atoms with van der Waals surface area (Å²) in [4.78, 5) is 2.58. The lowest BCUT2D eigenvalue weighted by molar-refractivity contribution is -0.937. The molecule has 0 aromatic rings. The molecule has 0 saturated carbocycles. The fourth-order valence-electron chi connectivity index (χ4n) is 2.45. The second-order valence-electron chi connectivity index (χ2n) is 5.01. The van der Waals surface area contributed by atoms with E-state index in [9.17, 15) is 0 Å². The summed E-state index contributed by atoms with van der Waals surface area (Å²) < 4.78 is 6.81. The summed E-state index contributed by atoms with van der Waals surface area (Å²) in [6.45, 7) is 12.5. The molecular weight excluding hydrogens is 228 g/mol. The highest BCUT2D eigenvalue weighted by Gasteiger charge is 2.32. The number of nitriles is 1. The van der Waals surface area contributed by atoms with Gasteiger partial charge in [0.25, 0.3) is 0 Å². The average Bonchev–Trinajstić information content (AvgIpc) is 2.76. The summed E-state index contributed by atoms with van der Waals surface area (Å²) in [5.41, 5.74) is 0. The maximum Gasteiger partial charge on any atom is 0.183 e. The molecule has 0 N–H and O–H groups in total. The molecule has 0 unspecified atom stereocenters. The number of ether oxygens (including phenoxy) is 1. The van der Waals surface area contributed by atoms with Crippen molar-refractivity contribution in [2.75, 3.05) is 33.0 Å². The number of quaternary nitrogens is 1. The summed E-state index contributed by atoms with van der Waals surface area (Å²) in [7, 11) is 0. The average molecular weight is 252 g/mol. The van der Waals surface area contributed by atoms with Gasteiger partial charge >= 0.3 is 0 Å². The number of hydrogen-bond donors (Lipinski definition) is 0. The minimum Gasteiger partial charge on any atom is -0.422 e. The number of hydrogen-bond acceptors (Lipinski definition) is 3. The Balaban J connectivity index is 0.000000494. The van der Waals surface area contributed by atoms with E-state index in [1.165, 1.54) is 49.2 Å². The zero-order valence-electron chi connectivity index (χ0n) is 11.7. The van der Waals surface area contributed by atoms with Gasteiger partial charge < -0.3 is 19.6 Å². The van der Waals surface area contributed by atoms with Gasteiger partial charge in [-0.1, -0.05) is 13.8 Å². The van der Waals surface area contributed by atoms with Crippen molar-refractivity contribution in [3.8, 4) is 6.19 Å². The van der Waals surface area contributed by atoms with Crippen molar-refractivity contribution < 1.29 is 9.22 Å². The predicted octanol–water partition coefficient (Wildman–Crippen LogP) is 2.46. The third-order valence-electron chi connectivity index (χ3n) is 2.94. The molecule has 1 fully saturated rings. The van der Waals surface area contributed by atoms with E-state index in [1.54, 1.807) is 0 Å². The summed E-state index contributed by atoms with van der Waals surface area (Å²) in [6, 6.07) is 1.28. The highest BCUT2D eigenvalue weighted by molar-refractivity contribution is 5.46. The lowest BCUT2D eigenvalue weighted by Gasteiger charge is -2.35. The molecule has 0 atom stereocenters. The maximum atomic E-state index is 7.43. The minimum atomic E-state index is 0.790. The molecule has 1 aliphatic heterocycles. The van der Waals surface area contributed by atoms with Crippen molar-refractivity contribution in [1.82, 2.24) is 0 Å².